The molecule has 5 aromatic rings. The molecule has 77 heavy (non-hydrogen) atoms. The average Bonchev–Trinajstić information content (AvgIpc) is 3.45. The van der Waals surface area contributed by atoms with Gasteiger partial charge < -0.3 is 42.8 Å². The van der Waals surface area contributed by atoms with Crippen molar-refractivity contribution in [2.45, 2.75) is 89.9 Å². The zero-order valence-corrected chi connectivity index (χ0v) is 44.3. The monoisotopic (exact) mass is 1050 g/mol. The predicted octanol–water partition coefficient (Wildman–Crippen LogP) is 13.5. The highest BCUT2D eigenvalue weighted by molar-refractivity contribution is 6.06. The Morgan fingerprint density at radius 2 is 0.766 bits per heavy atom. The summed E-state index contributed by atoms with van der Waals surface area (Å²) in [5.74, 6) is -0.790. The SMILES string of the molecule is C=CC(=O)OCCCCCCOc1ccc(OC(=O)c2ccc(C(=O)Oc3ccc(OCCCCCCOC(=O)C=C)cc3)c(C(=O)OCCCCCCCCOc3ccc(N=Nc4ccc(N(C)C)cc4)cc3)c2)cc1. The Labute approximate surface area is 452 Å². The second-order valence-electron chi connectivity index (χ2n) is 18.0. The van der Waals surface area contributed by atoms with Gasteiger partial charge in [0.1, 0.15) is 28.7 Å². The summed E-state index contributed by atoms with van der Waals surface area (Å²) in [5.41, 5.74) is 2.40. The molecule has 0 atom stereocenters. The average molecular weight is 1050 g/mol. The lowest BCUT2D eigenvalue weighted by Gasteiger charge is -2.12. The van der Waals surface area contributed by atoms with Crippen molar-refractivity contribution in [1.29, 1.82) is 0 Å². The molecule has 0 aliphatic rings. The normalized spacial score (nSPS) is 10.8. The van der Waals surface area contributed by atoms with E-state index in [0.29, 0.717) is 51.0 Å². The van der Waals surface area contributed by atoms with Gasteiger partial charge in [-0.3, -0.25) is 0 Å². The summed E-state index contributed by atoms with van der Waals surface area (Å²) in [5, 5.41) is 8.65. The first-order valence-corrected chi connectivity index (χ1v) is 26.2. The van der Waals surface area contributed by atoms with Gasteiger partial charge in [-0.1, -0.05) is 38.8 Å². The van der Waals surface area contributed by atoms with Gasteiger partial charge in [0.2, 0.25) is 0 Å². The molecule has 0 fully saturated rings. The van der Waals surface area contributed by atoms with Gasteiger partial charge in [-0.2, -0.15) is 10.2 Å². The number of esters is 5. The van der Waals surface area contributed by atoms with Crippen LogP contribution in [0.1, 0.15) is 121 Å². The van der Waals surface area contributed by atoms with E-state index in [1.807, 2.05) is 67.5 Å². The summed E-state index contributed by atoms with van der Waals surface area (Å²) in [4.78, 5) is 65.1. The maximum Gasteiger partial charge on any atom is 0.344 e. The molecule has 16 nitrogen and oxygen atoms in total. The summed E-state index contributed by atoms with van der Waals surface area (Å²) in [6.07, 6.45) is 14.2. The molecule has 5 rings (SSSR count). The molecule has 0 saturated carbocycles. The van der Waals surface area contributed by atoms with Gasteiger partial charge in [0, 0.05) is 31.9 Å². The molecule has 0 unspecified atom stereocenters. The fourth-order valence-corrected chi connectivity index (χ4v) is 7.40. The van der Waals surface area contributed by atoms with E-state index in [2.05, 4.69) is 23.4 Å². The molecule has 408 valence electrons. The number of ether oxygens (including phenoxy) is 8. The molecule has 0 amide bonds. The number of carbonyl (C=O) groups excluding carboxylic acids is 5. The van der Waals surface area contributed by atoms with E-state index in [-0.39, 0.29) is 34.8 Å². The van der Waals surface area contributed by atoms with E-state index in [0.717, 1.165) is 118 Å². The first kappa shape index (κ1) is 59.6. The highest BCUT2D eigenvalue weighted by Gasteiger charge is 2.23. The van der Waals surface area contributed by atoms with Crippen molar-refractivity contribution < 1.29 is 61.9 Å². The molecule has 0 spiro atoms. The van der Waals surface area contributed by atoms with Crippen molar-refractivity contribution in [2.24, 2.45) is 10.2 Å². The van der Waals surface area contributed by atoms with Crippen molar-refractivity contribution >= 4 is 46.9 Å². The number of rotatable bonds is 36. The highest BCUT2D eigenvalue weighted by atomic mass is 16.6. The van der Waals surface area contributed by atoms with E-state index in [9.17, 15) is 24.0 Å². The van der Waals surface area contributed by atoms with Crippen molar-refractivity contribution in [2.75, 3.05) is 58.6 Å². The first-order valence-electron chi connectivity index (χ1n) is 26.2. The molecule has 0 N–H and O–H groups in total. The van der Waals surface area contributed by atoms with Gasteiger partial charge in [0.05, 0.1) is 67.7 Å². The zero-order chi connectivity index (χ0) is 54.9. The van der Waals surface area contributed by atoms with Gasteiger partial charge in [0.15, 0.2) is 0 Å². The standard InChI is InChI=1S/C61H71N3O13/c1-5-57(65)73-42-18-13-11-16-40-71-51-30-34-53(35-31-51)76-59(67)46-21-38-55(61(69)77-54-36-32-52(33-37-54)72-41-17-12-14-19-43-74-58(66)6-2)56(45-46)60(68)75-44-20-10-8-7-9-15-39-70-50-28-24-48(25-29-50)63-62-47-22-26-49(27-23-47)64(3)4/h5-6,21-38,45H,1-2,7-20,39-44H2,3-4H3. The molecule has 0 heterocycles. The number of hydrogen-bond acceptors (Lipinski definition) is 16. The summed E-state index contributed by atoms with van der Waals surface area (Å²) >= 11 is 0. The van der Waals surface area contributed by atoms with Crippen LogP contribution < -0.4 is 28.6 Å². The van der Waals surface area contributed by atoms with Crippen LogP contribution in [0, 0.1) is 0 Å². The largest absolute Gasteiger partial charge is 0.494 e. The van der Waals surface area contributed by atoms with Gasteiger partial charge >= 0.3 is 29.8 Å². The number of benzene rings is 5. The Kier molecular flexibility index (Phi) is 26.6. The molecule has 0 bridgehead atoms. The van der Waals surface area contributed by atoms with Crippen molar-refractivity contribution in [3.05, 3.63) is 157 Å². The van der Waals surface area contributed by atoms with Crippen LogP contribution in [0.4, 0.5) is 17.1 Å². The van der Waals surface area contributed by atoms with Crippen LogP contribution in [0.25, 0.3) is 0 Å². The zero-order valence-electron chi connectivity index (χ0n) is 44.3. The second-order valence-corrected chi connectivity index (χ2v) is 18.0. The molecule has 0 radical (unpaired) electrons. The number of carbonyl (C=O) groups is 5. The number of unbranched alkanes of at least 4 members (excludes halogenated alkanes) is 11. The smallest absolute Gasteiger partial charge is 0.344 e. The fraction of sp³-hybridized carbons (Fsp3) is 0.361. The Hall–Kier alpha value is -8.27. The maximum absolute atomic E-state index is 13.7. The molecular weight excluding hydrogens is 983 g/mol. The molecule has 5 aromatic carbocycles. The minimum Gasteiger partial charge on any atom is -0.494 e. The lowest BCUT2D eigenvalue weighted by atomic mass is 10.0. The van der Waals surface area contributed by atoms with Gasteiger partial charge in [-0.15, -0.1) is 0 Å². The van der Waals surface area contributed by atoms with E-state index >= 15 is 0 Å². The number of azo groups is 1. The number of hydrogen-bond donors (Lipinski definition) is 0. The van der Waals surface area contributed by atoms with Crippen LogP contribution in [-0.4, -0.2) is 83.6 Å². The Bertz CT molecular complexity index is 2650. The van der Waals surface area contributed by atoms with Crippen molar-refractivity contribution in [3.8, 4) is 28.7 Å². The Morgan fingerprint density at radius 1 is 0.403 bits per heavy atom. The number of nitrogens with zero attached hydrogens (tertiary/aromatic N) is 3. The molecule has 16 heteroatoms. The maximum atomic E-state index is 13.7. The first-order chi connectivity index (χ1) is 37.5. The van der Waals surface area contributed by atoms with Crippen molar-refractivity contribution in [3.63, 3.8) is 0 Å². The lowest BCUT2D eigenvalue weighted by Crippen LogP contribution is -2.18. The third-order valence-corrected chi connectivity index (χ3v) is 11.7. The van der Waals surface area contributed by atoms with E-state index in [1.54, 1.807) is 48.5 Å². The third kappa shape index (κ3) is 23.0. The Balaban J connectivity index is 1.07. The van der Waals surface area contributed by atoms with E-state index < -0.39 is 29.8 Å². The Morgan fingerprint density at radius 3 is 1.19 bits per heavy atom. The summed E-state index contributed by atoms with van der Waals surface area (Å²) in [6, 6.07) is 32.5. The van der Waals surface area contributed by atoms with E-state index in [4.69, 9.17) is 37.9 Å². The molecular formula is C61H71N3O13. The minimum absolute atomic E-state index is 0.0241. The van der Waals surface area contributed by atoms with Crippen molar-refractivity contribution in [1.82, 2.24) is 0 Å². The molecule has 0 aromatic heterocycles. The quantitative estimate of drug-likeness (QED) is 0.00920. The molecule has 0 aliphatic heterocycles. The highest BCUT2D eigenvalue weighted by Crippen LogP contribution is 2.26. The topological polar surface area (TPSA) is 187 Å². The summed E-state index contributed by atoms with van der Waals surface area (Å²) < 4.78 is 44.6. The lowest BCUT2D eigenvalue weighted by molar-refractivity contribution is -0.138. The fourth-order valence-electron chi connectivity index (χ4n) is 7.40. The van der Waals surface area contributed by atoms with Gasteiger partial charge in [-0.25, -0.2) is 24.0 Å². The van der Waals surface area contributed by atoms with Crippen LogP contribution in [0.2, 0.25) is 0 Å². The van der Waals surface area contributed by atoms with Crippen LogP contribution in [0.15, 0.2) is 151 Å². The second kappa shape index (κ2) is 34.3. The number of anilines is 1. The summed E-state index contributed by atoms with van der Waals surface area (Å²) in [7, 11) is 3.98. The van der Waals surface area contributed by atoms with Crippen LogP contribution in [-0.2, 0) is 23.8 Å². The van der Waals surface area contributed by atoms with Gasteiger partial charge in [0.25, 0.3) is 0 Å². The van der Waals surface area contributed by atoms with Crippen LogP contribution in [0.3, 0.4) is 0 Å². The van der Waals surface area contributed by atoms with Crippen LogP contribution in [0.5, 0.6) is 28.7 Å². The minimum atomic E-state index is -0.820. The van der Waals surface area contributed by atoms with E-state index in [1.165, 1.54) is 18.2 Å². The molecule has 0 saturated heterocycles. The van der Waals surface area contributed by atoms with Gasteiger partial charge in [-0.05, 0) is 179 Å². The summed E-state index contributed by atoms with van der Waals surface area (Å²) in [6.45, 7) is 9.12. The molecule has 0 aliphatic carbocycles. The van der Waals surface area contributed by atoms with Crippen LogP contribution >= 0.6 is 0 Å². The third-order valence-electron chi connectivity index (χ3n) is 11.7. The predicted molar refractivity (Wildman–Crippen MR) is 294 cm³/mol.